The summed E-state index contributed by atoms with van der Waals surface area (Å²) in [6.45, 7) is 4.41. The Morgan fingerprint density at radius 3 is 2.55 bits per heavy atom. The minimum Gasteiger partial charge on any atom is -0.496 e. The van der Waals surface area contributed by atoms with Crippen LogP contribution in [-0.4, -0.2) is 37.6 Å². The molecule has 122 valence electrons. The van der Waals surface area contributed by atoms with Gasteiger partial charge in [-0.2, -0.15) is 0 Å². The summed E-state index contributed by atoms with van der Waals surface area (Å²) in [5.74, 6) is 1.08. The quantitative estimate of drug-likeness (QED) is 0.925. The Labute approximate surface area is 138 Å². The van der Waals surface area contributed by atoms with Gasteiger partial charge in [0.25, 0.3) is 0 Å². The molecular formula is C17H25ClN2O2. The van der Waals surface area contributed by atoms with Gasteiger partial charge in [-0.1, -0.05) is 25.1 Å². The van der Waals surface area contributed by atoms with Gasteiger partial charge in [0.2, 0.25) is 5.91 Å². The Kier molecular flexibility index (Phi) is 4.73. The molecule has 1 aliphatic carbocycles. The number of benzene rings is 1. The van der Waals surface area contributed by atoms with Crippen LogP contribution in [0.15, 0.2) is 24.3 Å². The molecule has 1 aromatic carbocycles. The summed E-state index contributed by atoms with van der Waals surface area (Å²) in [5, 5.41) is 0. The summed E-state index contributed by atoms with van der Waals surface area (Å²) in [4.78, 5) is 15.0. The first-order chi connectivity index (χ1) is 10.0. The number of para-hydroxylation sites is 1. The number of carbonyl (C=O) groups is 1. The van der Waals surface area contributed by atoms with Gasteiger partial charge in [0.05, 0.1) is 12.5 Å². The fraction of sp³-hybridized carbons (Fsp3) is 0.588. The second-order valence-corrected chi connectivity index (χ2v) is 6.77. The van der Waals surface area contributed by atoms with Crippen LogP contribution in [0.4, 0.5) is 0 Å². The molecule has 1 atom stereocenters. The lowest BCUT2D eigenvalue weighted by Gasteiger charge is -2.27. The molecule has 0 radical (unpaired) electrons. The maximum Gasteiger partial charge on any atom is 0.233 e. The maximum absolute atomic E-state index is 13.0. The Morgan fingerprint density at radius 2 is 2.00 bits per heavy atom. The van der Waals surface area contributed by atoms with E-state index in [0.717, 1.165) is 43.7 Å². The molecule has 1 unspecified atom stereocenters. The van der Waals surface area contributed by atoms with Crippen LogP contribution < -0.4 is 10.5 Å². The second-order valence-electron chi connectivity index (χ2n) is 6.77. The van der Waals surface area contributed by atoms with E-state index in [-0.39, 0.29) is 29.1 Å². The zero-order valence-corrected chi connectivity index (χ0v) is 14.1. The van der Waals surface area contributed by atoms with Crippen molar-refractivity contribution in [2.24, 2.45) is 11.1 Å². The lowest BCUT2D eigenvalue weighted by atomic mass is 9.90. The Balaban J connectivity index is 0.00000176. The Hall–Kier alpha value is -1.26. The van der Waals surface area contributed by atoms with Crippen molar-refractivity contribution in [1.29, 1.82) is 0 Å². The fourth-order valence-electron chi connectivity index (χ4n) is 3.43. The molecule has 1 aromatic rings. The molecule has 3 rings (SSSR count). The first-order valence-corrected chi connectivity index (χ1v) is 7.68. The van der Waals surface area contributed by atoms with E-state index in [2.05, 4.69) is 6.92 Å². The molecule has 2 aliphatic rings. The topological polar surface area (TPSA) is 55.6 Å². The molecule has 2 N–H and O–H groups in total. The van der Waals surface area contributed by atoms with Crippen LogP contribution in [0.2, 0.25) is 0 Å². The first-order valence-electron chi connectivity index (χ1n) is 7.68. The number of amides is 1. The van der Waals surface area contributed by atoms with E-state index in [1.54, 1.807) is 7.11 Å². The molecule has 1 heterocycles. The molecule has 4 nitrogen and oxygen atoms in total. The van der Waals surface area contributed by atoms with Crippen LogP contribution in [0.25, 0.3) is 0 Å². The van der Waals surface area contributed by atoms with E-state index in [0.29, 0.717) is 6.54 Å². The maximum atomic E-state index is 13.0. The van der Waals surface area contributed by atoms with Crippen molar-refractivity contribution in [1.82, 2.24) is 4.90 Å². The molecule has 2 fully saturated rings. The smallest absolute Gasteiger partial charge is 0.233 e. The third kappa shape index (κ3) is 2.70. The van der Waals surface area contributed by atoms with E-state index in [1.165, 1.54) is 0 Å². The predicted octanol–water partition coefficient (Wildman–Crippen LogP) is 2.35. The van der Waals surface area contributed by atoms with Crippen LogP contribution >= 0.6 is 12.4 Å². The molecule has 0 spiro atoms. The number of nitrogens with zero attached hydrogens (tertiary/aromatic N) is 1. The summed E-state index contributed by atoms with van der Waals surface area (Å²) >= 11 is 0. The van der Waals surface area contributed by atoms with Crippen molar-refractivity contribution in [2.45, 2.75) is 31.6 Å². The summed E-state index contributed by atoms with van der Waals surface area (Å²) in [6, 6.07) is 7.90. The number of hydrogen-bond acceptors (Lipinski definition) is 3. The molecule has 1 saturated heterocycles. The summed E-state index contributed by atoms with van der Waals surface area (Å²) < 4.78 is 5.46. The highest BCUT2D eigenvalue weighted by molar-refractivity contribution is 5.92. The average Bonchev–Trinajstić information content (AvgIpc) is 3.24. The summed E-state index contributed by atoms with van der Waals surface area (Å²) in [6.07, 6.45) is 2.83. The molecule has 0 aromatic heterocycles. The number of methoxy groups -OCH3 is 1. The SMILES string of the molecule is COc1ccccc1C1(C(=O)N2CCC(C)(CN)C2)CC1.Cl. The zero-order chi connectivity index (χ0) is 15.1. The standard InChI is InChI=1S/C17H24N2O2.ClH/c1-16(11-18)9-10-19(12-16)15(20)17(7-8-17)13-5-3-4-6-14(13)21-2;/h3-6H,7-12,18H2,1-2H3;1H. The normalized spacial score (nSPS) is 25.5. The molecule has 5 heteroatoms. The van der Waals surface area contributed by atoms with Gasteiger partial charge in [0, 0.05) is 18.7 Å². The van der Waals surface area contributed by atoms with E-state index >= 15 is 0 Å². The highest BCUT2D eigenvalue weighted by atomic mass is 35.5. The third-order valence-electron chi connectivity index (χ3n) is 5.12. The van der Waals surface area contributed by atoms with Crippen LogP contribution in [0.3, 0.4) is 0 Å². The van der Waals surface area contributed by atoms with Gasteiger partial charge in [-0.3, -0.25) is 4.79 Å². The zero-order valence-electron chi connectivity index (χ0n) is 13.3. The van der Waals surface area contributed by atoms with Crippen molar-refractivity contribution < 1.29 is 9.53 Å². The molecule has 1 amide bonds. The number of nitrogens with two attached hydrogens (primary N) is 1. The van der Waals surface area contributed by atoms with E-state index in [1.807, 2.05) is 29.2 Å². The van der Waals surface area contributed by atoms with E-state index < -0.39 is 0 Å². The number of hydrogen-bond donors (Lipinski definition) is 1. The largest absolute Gasteiger partial charge is 0.496 e. The number of likely N-dealkylation sites (tertiary alicyclic amines) is 1. The van der Waals surface area contributed by atoms with E-state index in [9.17, 15) is 4.79 Å². The number of carbonyl (C=O) groups excluding carboxylic acids is 1. The van der Waals surface area contributed by atoms with Crippen LogP contribution in [0.5, 0.6) is 5.75 Å². The lowest BCUT2D eigenvalue weighted by molar-refractivity contribution is -0.133. The van der Waals surface area contributed by atoms with Crippen molar-refractivity contribution in [2.75, 3.05) is 26.7 Å². The van der Waals surface area contributed by atoms with Gasteiger partial charge < -0.3 is 15.4 Å². The second kappa shape index (κ2) is 6.09. The van der Waals surface area contributed by atoms with Gasteiger partial charge in [-0.05, 0) is 37.3 Å². The minimum atomic E-state index is -0.355. The molecule has 0 bridgehead atoms. The monoisotopic (exact) mass is 324 g/mol. The highest BCUT2D eigenvalue weighted by Gasteiger charge is 2.55. The number of halogens is 1. The van der Waals surface area contributed by atoms with Gasteiger partial charge in [0.1, 0.15) is 5.75 Å². The van der Waals surface area contributed by atoms with Crippen molar-refractivity contribution >= 4 is 18.3 Å². The van der Waals surface area contributed by atoms with Crippen molar-refractivity contribution in [3.63, 3.8) is 0 Å². The number of rotatable bonds is 4. The van der Waals surface area contributed by atoms with Gasteiger partial charge in [-0.25, -0.2) is 0 Å². The Bertz CT molecular complexity index is 559. The highest BCUT2D eigenvalue weighted by Crippen LogP contribution is 2.53. The van der Waals surface area contributed by atoms with E-state index in [4.69, 9.17) is 10.5 Å². The Morgan fingerprint density at radius 1 is 1.32 bits per heavy atom. The lowest BCUT2D eigenvalue weighted by Crippen LogP contribution is -2.40. The average molecular weight is 325 g/mol. The van der Waals surface area contributed by atoms with Gasteiger partial charge in [0.15, 0.2) is 0 Å². The fourth-order valence-corrected chi connectivity index (χ4v) is 3.43. The van der Waals surface area contributed by atoms with Gasteiger partial charge >= 0.3 is 0 Å². The predicted molar refractivity (Wildman–Crippen MR) is 89.5 cm³/mol. The third-order valence-corrected chi connectivity index (χ3v) is 5.12. The van der Waals surface area contributed by atoms with Crippen molar-refractivity contribution in [3.8, 4) is 5.75 Å². The summed E-state index contributed by atoms with van der Waals surface area (Å²) in [5.41, 5.74) is 6.62. The molecule has 1 saturated carbocycles. The van der Waals surface area contributed by atoms with Crippen LogP contribution in [0, 0.1) is 5.41 Å². The molecule has 1 aliphatic heterocycles. The van der Waals surface area contributed by atoms with Crippen LogP contribution in [-0.2, 0) is 10.2 Å². The molecular weight excluding hydrogens is 300 g/mol. The van der Waals surface area contributed by atoms with Gasteiger partial charge in [-0.15, -0.1) is 12.4 Å². The minimum absolute atomic E-state index is 0. The molecule has 22 heavy (non-hydrogen) atoms. The summed E-state index contributed by atoms with van der Waals surface area (Å²) in [7, 11) is 1.67. The first kappa shape index (κ1) is 17.1. The van der Waals surface area contributed by atoms with Crippen molar-refractivity contribution in [3.05, 3.63) is 29.8 Å². The van der Waals surface area contributed by atoms with Crippen LogP contribution in [0.1, 0.15) is 31.7 Å². The number of ether oxygens (including phenoxy) is 1.